The summed E-state index contributed by atoms with van der Waals surface area (Å²) in [6.07, 6.45) is -0.236. The van der Waals surface area contributed by atoms with Gasteiger partial charge in [0.2, 0.25) is 0 Å². The van der Waals surface area contributed by atoms with Crippen LogP contribution in [0.2, 0.25) is 0 Å². The lowest BCUT2D eigenvalue weighted by Gasteiger charge is -2.32. The van der Waals surface area contributed by atoms with Gasteiger partial charge in [0.05, 0.1) is 5.69 Å². The normalized spacial score (nSPS) is 17.4. The van der Waals surface area contributed by atoms with Crippen LogP contribution in [0.3, 0.4) is 0 Å². The number of carboxylic acids is 2. The molecule has 1 unspecified atom stereocenters. The highest BCUT2D eigenvalue weighted by atomic mass is 19.4. The number of benzene rings is 2. The van der Waals surface area contributed by atoms with E-state index in [9.17, 15) is 33.0 Å². The van der Waals surface area contributed by atoms with E-state index in [1.165, 1.54) is 24.4 Å². The minimum absolute atomic E-state index is 0.0242. The van der Waals surface area contributed by atoms with Gasteiger partial charge in [-0.2, -0.15) is 18.3 Å². The molecule has 39 heavy (non-hydrogen) atoms. The topological polar surface area (TPSA) is 102 Å². The van der Waals surface area contributed by atoms with E-state index < -0.39 is 30.1 Å². The van der Waals surface area contributed by atoms with Gasteiger partial charge in [0.15, 0.2) is 0 Å². The molecule has 1 aromatic heterocycles. The van der Waals surface area contributed by atoms with Crippen molar-refractivity contribution in [3.8, 4) is 17.0 Å². The monoisotopic (exact) mass is 540 g/mol. The fraction of sp³-hybridized carbons (Fsp3) is 0.276. The third-order valence-corrected chi connectivity index (χ3v) is 6.90. The standard InChI is InChI=1S/C29H27F3N2O5/c1-17-5-4-6-23(28(27(37)38)11-9-18(2)21(14-28)26(35)36)22(17)15-39-25-8-7-20(13-19(25)3)24-10-12-34(33-24)16-29(30,31)32/h4-13H,14-16H2,1-3H3,(H,35,36)(H,37,38). The summed E-state index contributed by atoms with van der Waals surface area (Å²) < 4.78 is 44.9. The number of halogens is 3. The Morgan fingerprint density at radius 3 is 2.46 bits per heavy atom. The highest BCUT2D eigenvalue weighted by Crippen LogP contribution is 2.41. The van der Waals surface area contributed by atoms with Crippen LogP contribution in [0.1, 0.15) is 35.6 Å². The highest BCUT2D eigenvalue weighted by Gasteiger charge is 2.43. The summed E-state index contributed by atoms with van der Waals surface area (Å²) in [5.74, 6) is -1.82. The van der Waals surface area contributed by atoms with E-state index >= 15 is 0 Å². The van der Waals surface area contributed by atoms with E-state index in [1.807, 2.05) is 13.0 Å². The molecular formula is C29H27F3N2O5. The van der Waals surface area contributed by atoms with Gasteiger partial charge in [0.1, 0.15) is 24.3 Å². The lowest BCUT2D eigenvalue weighted by atomic mass is 9.69. The van der Waals surface area contributed by atoms with Crippen LogP contribution in [0.15, 0.2) is 72.0 Å². The Hall–Kier alpha value is -4.34. The van der Waals surface area contributed by atoms with Crippen molar-refractivity contribution in [3.63, 3.8) is 0 Å². The van der Waals surface area contributed by atoms with Gasteiger partial charge in [-0.05, 0) is 72.9 Å². The number of aliphatic carboxylic acids is 2. The maximum Gasteiger partial charge on any atom is 0.408 e. The Bertz CT molecular complexity index is 1500. The molecule has 0 radical (unpaired) electrons. The fourth-order valence-electron chi connectivity index (χ4n) is 4.76. The average Bonchev–Trinajstić information content (AvgIpc) is 3.30. The largest absolute Gasteiger partial charge is 0.489 e. The molecule has 0 bridgehead atoms. The van der Waals surface area contributed by atoms with Gasteiger partial charge < -0.3 is 14.9 Å². The number of carbonyl (C=O) groups is 2. The van der Waals surface area contributed by atoms with E-state index in [2.05, 4.69) is 5.10 Å². The molecule has 10 heteroatoms. The SMILES string of the molecule is CC1=C(C(=O)O)CC(C(=O)O)(c2cccc(C)c2COc2ccc(-c3ccn(CC(F)(F)F)n3)cc2C)C=C1. The lowest BCUT2D eigenvalue weighted by molar-refractivity contribution is -0.143. The first-order valence-corrected chi connectivity index (χ1v) is 12.1. The van der Waals surface area contributed by atoms with Crippen molar-refractivity contribution < 1.29 is 37.7 Å². The molecule has 0 fully saturated rings. The van der Waals surface area contributed by atoms with E-state index in [-0.39, 0.29) is 18.6 Å². The number of hydrogen-bond acceptors (Lipinski definition) is 4. The van der Waals surface area contributed by atoms with Gasteiger partial charge in [-0.1, -0.05) is 30.4 Å². The molecular weight excluding hydrogens is 513 g/mol. The van der Waals surface area contributed by atoms with Crippen LogP contribution in [0.5, 0.6) is 5.75 Å². The Morgan fingerprint density at radius 1 is 1.08 bits per heavy atom. The van der Waals surface area contributed by atoms with Crippen LogP contribution in [0, 0.1) is 13.8 Å². The van der Waals surface area contributed by atoms with Crippen molar-refractivity contribution in [1.29, 1.82) is 0 Å². The Kier molecular flexibility index (Phi) is 7.41. The van der Waals surface area contributed by atoms with E-state index in [1.54, 1.807) is 44.2 Å². The molecule has 1 aliphatic rings. The van der Waals surface area contributed by atoms with Crippen molar-refractivity contribution in [3.05, 3.63) is 94.2 Å². The van der Waals surface area contributed by atoms with Gasteiger partial charge in [0.25, 0.3) is 0 Å². The maximum absolute atomic E-state index is 12.7. The van der Waals surface area contributed by atoms with Crippen molar-refractivity contribution in [2.45, 2.75) is 51.9 Å². The summed E-state index contributed by atoms with van der Waals surface area (Å²) in [5.41, 5.74) is 2.55. The minimum Gasteiger partial charge on any atom is -0.489 e. The molecule has 0 aliphatic heterocycles. The van der Waals surface area contributed by atoms with Gasteiger partial charge >= 0.3 is 18.1 Å². The van der Waals surface area contributed by atoms with Gasteiger partial charge in [0, 0.05) is 23.8 Å². The Morgan fingerprint density at radius 2 is 1.82 bits per heavy atom. The summed E-state index contributed by atoms with van der Waals surface area (Å²) >= 11 is 0. The number of aryl methyl sites for hydroxylation is 2. The predicted octanol–water partition coefficient (Wildman–Crippen LogP) is 5.99. The molecule has 1 aliphatic carbocycles. The van der Waals surface area contributed by atoms with Crippen molar-refractivity contribution in [2.75, 3.05) is 0 Å². The second-order valence-corrected chi connectivity index (χ2v) is 9.64. The molecule has 0 amide bonds. The summed E-state index contributed by atoms with van der Waals surface area (Å²) in [6.45, 7) is 4.11. The first-order valence-electron chi connectivity index (χ1n) is 12.1. The summed E-state index contributed by atoms with van der Waals surface area (Å²) in [5, 5.41) is 24.0. The van der Waals surface area contributed by atoms with Crippen LogP contribution in [-0.2, 0) is 28.2 Å². The zero-order valence-corrected chi connectivity index (χ0v) is 21.5. The molecule has 7 nitrogen and oxygen atoms in total. The molecule has 3 aromatic rings. The quantitative estimate of drug-likeness (QED) is 0.364. The van der Waals surface area contributed by atoms with Crippen molar-refractivity contribution in [1.82, 2.24) is 9.78 Å². The summed E-state index contributed by atoms with van der Waals surface area (Å²) in [4.78, 5) is 24.5. The molecule has 1 heterocycles. The molecule has 2 aromatic carbocycles. The minimum atomic E-state index is -4.37. The molecule has 4 rings (SSSR count). The second kappa shape index (κ2) is 10.4. The molecule has 0 saturated heterocycles. The van der Waals surface area contributed by atoms with Gasteiger partial charge in [-0.15, -0.1) is 0 Å². The van der Waals surface area contributed by atoms with E-state index in [0.29, 0.717) is 39.3 Å². The number of aromatic nitrogens is 2. The third-order valence-electron chi connectivity index (χ3n) is 6.90. The number of ether oxygens (including phenoxy) is 1. The number of alkyl halides is 3. The second-order valence-electron chi connectivity index (χ2n) is 9.64. The smallest absolute Gasteiger partial charge is 0.408 e. The summed E-state index contributed by atoms with van der Waals surface area (Å²) in [6, 6.07) is 11.9. The number of rotatable bonds is 8. The fourth-order valence-corrected chi connectivity index (χ4v) is 4.76. The molecule has 1 atom stereocenters. The first kappa shape index (κ1) is 27.7. The van der Waals surface area contributed by atoms with Gasteiger partial charge in [-0.3, -0.25) is 9.48 Å². The summed E-state index contributed by atoms with van der Waals surface area (Å²) in [7, 11) is 0. The first-order chi connectivity index (χ1) is 18.3. The highest BCUT2D eigenvalue weighted by molar-refractivity contribution is 5.94. The molecule has 0 spiro atoms. The molecule has 204 valence electrons. The maximum atomic E-state index is 12.7. The Balaban J connectivity index is 1.61. The van der Waals surface area contributed by atoms with Crippen LogP contribution in [0.25, 0.3) is 11.3 Å². The van der Waals surface area contributed by atoms with Gasteiger partial charge in [-0.25, -0.2) is 4.79 Å². The van der Waals surface area contributed by atoms with Crippen LogP contribution in [0.4, 0.5) is 13.2 Å². The van der Waals surface area contributed by atoms with E-state index in [4.69, 9.17) is 4.74 Å². The third kappa shape index (κ3) is 5.74. The van der Waals surface area contributed by atoms with Crippen LogP contribution in [-0.4, -0.2) is 38.1 Å². The number of nitrogens with zero attached hydrogens (tertiary/aromatic N) is 2. The average molecular weight is 541 g/mol. The van der Waals surface area contributed by atoms with Crippen LogP contribution >= 0.6 is 0 Å². The number of carboxylic acid groups (broad SMARTS) is 2. The molecule has 2 N–H and O–H groups in total. The zero-order chi connectivity index (χ0) is 28.5. The predicted molar refractivity (Wildman–Crippen MR) is 137 cm³/mol. The number of allylic oxidation sites excluding steroid dienone is 2. The number of hydrogen-bond donors (Lipinski definition) is 2. The van der Waals surface area contributed by atoms with Crippen molar-refractivity contribution in [2.24, 2.45) is 0 Å². The molecule has 0 saturated carbocycles. The Labute approximate surface area is 222 Å². The van der Waals surface area contributed by atoms with Crippen molar-refractivity contribution >= 4 is 11.9 Å². The van der Waals surface area contributed by atoms with Crippen LogP contribution < -0.4 is 4.74 Å². The zero-order valence-electron chi connectivity index (χ0n) is 21.5. The van der Waals surface area contributed by atoms with E-state index in [0.717, 1.165) is 10.2 Å². The lowest BCUT2D eigenvalue weighted by Crippen LogP contribution is -2.38.